The van der Waals surface area contributed by atoms with Crippen molar-refractivity contribution in [2.24, 2.45) is 11.8 Å². The van der Waals surface area contributed by atoms with E-state index in [4.69, 9.17) is 21.4 Å². The van der Waals surface area contributed by atoms with Crippen LogP contribution in [0.5, 0.6) is 5.75 Å². The van der Waals surface area contributed by atoms with Gasteiger partial charge in [-0.15, -0.1) is 0 Å². The van der Waals surface area contributed by atoms with Crippen LogP contribution in [0.15, 0.2) is 18.2 Å². The molecule has 1 N–H and O–H groups in total. The molecule has 3 rings (SSSR count). The van der Waals surface area contributed by atoms with Gasteiger partial charge in [-0.2, -0.15) is 0 Å². The van der Waals surface area contributed by atoms with Crippen LogP contribution in [0.2, 0.25) is 5.02 Å². The fraction of sp³-hybridized carbons (Fsp3) is 0.529. The van der Waals surface area contributed by atoms with Gasteiger partial charge in [0, 0.05) is 24.5 Å². The van der Waals surface area contributed by atoms with Gasteiger partial charge in [-0.05, 0) is 48.9 Å². The van der Waals surface area contributed by atoms with Crippen molar-refractivity contribution in [3.63, 3.8) is 0 Å². The van der Waals surface area contributed by atoms with Crippen LogP contribution in [0.25, 0.3) is 0 Å². The smallest absolute Gasteiger partial charge is 0.303 e. The molecule has 5 nitrogen and oxygen atoms in total. The van der Waals surface area contributed by atoms with Crippen LogP contribution in [0, 0.1) is 11.8 Å². The van der Waals surface area contributed by atoms with Gasteiger partial charge in [0.1, 0.15) is 12.4 Å². The molecule has 124 valence electrons. The molecule has 2 aliphatic heterocycles. The monoisotopic (exact) mass is 337 g/mol. The molecule has 6 heteroatoms. The normalized spacial score (nSPS) is 21.4. The molecule has 1 atom stereocenters. The second-order valence-corrected chi connectivity index (χ2v) is 6.77. The quantitative estimate of drug-likeness (QED) is 0.920. The third-order valence-corrected chi connectivity index (χ3v) is 4.90. The highest BCUT2D eigenvalue weighted by molar-refractivity contribution is 6.30. The molecule has 0 aliphatic carbocycles. The summed E-state index contributed by atoms with van der Waals surface area (Å²) in [4.78, 5) is 25.3. The maximum absolute atomic E-state index is 12.7. The number of piperidine rings is 1. The highest BCUT2D eigenvalue weighted by Crippen LogP contribution is 2.31. The third kappa shape index (κ3) is 3.78. The third-order valence-electron chi connectivity index (χ3n) is 4.67. The molecule has 1 unspecified atom stereocenters. The molecule has 23 heavy (non-hydrogen) atoms. The van der Waals surface area contributed by atoms with Crippen molar-refractivity contribution in [2.45, 2.75) is 25.7 Å². The number of amides is 1. The van der Waals surface area contributed by atoms with E-state index in [0.29, 0.717) is 31.1 Å². The molecule has 0 bridgehead atoms. The Bertz CT molecular complexity index is 611. The number of hydrogen-bond acceptors (Lipinski definition) is 3. The number of carboxylic acid groups (broad SMARTS) is 1. The average molecular weight is 338 g/mol. The Labute approximate surface area is 140 Å². The van der Waals surface area contributed by atoms with Crippen LogP contribution in [0.4, 0.5) is 0 Å². The number of carboxylic acids is 1. The predicted octanol–water partition coefficient (Wildman–Crippen LogP) is 2.60. The number of aliphatic carboxylic acids is 1. The Morgan fingerprint density at radius 1 is 1.30 bits per heavy atom. The fourth-order valence-electron chi connectivity index (χ4n) is 3.38. The van der Waals surface area contributed by atoms with Crippen molar-refractivity contribution in [1.29, 1.82) is 0 Å². The predicted molar refractivity (Wildman–Crippen MR) is 85.7 cm³/mol. The molecule has 1 saturated heterocycles. The average Bonchev–Trinajstić information content (AvgIpc) is 2.53. The summed E-state index contributed by atoms with van der Waals surface area (Å²) in [6.45, 7) is 1.66. The van der Waals surface area contributed by atoms with Crippen molar-refractivity contribution in [1.82, 2.24) is 4.90 Å². The van der Waals surface area contributed by atoms with Gasteiger partial charge in [-0.3, -0.25) is 9.59 Å². The number of likely N-dealkylation sites (tertiary alicyclic amines) is 1. The minimum absolute atomic E-state index is 0.101. The Balaban J connectivity index is 1.58. The summed E-state index contributed by atoms with van der Waals surface area (Å²) in [5, 5.41) is 9.50. The van der Waals surface area contributed by atoms with E-state index in [1.54, 1.807) is 6.07 Å². The SMILES string of the molecule is O=C(O)CC1CCN(C(=O)C2COc3ccc(Cl)cc3C2)CC1. The van der Waals surface area contributed by atoms with Crippen LogP contribution < -0.4 is 4.74 Å². The second kappa shape index (κ2) is 6.79. The van der Waals surface area contributed by atoms with E-state index in [1.165, 1.54) is 0 Å². The van der Waals surface area contributed by atoms with Crippen molar-refractivity contribution >= 4 is 23.5 Å². The van der Waals surface area contributed by atoms with Crippen LogP contribution in [0.3, 0.4) is 0 Å². The first-order valence-corrected chi connectivity index (χ1v) is 8.32. The lowest BCUT2D eigenvalue weighted by atomic mass is 9.91. The summed E-state index contributed by atoms with van der Waals surface area (Å²) in [7, 11) is 0. The fourth-order valence-corrected chi connectivity index (χ4v) is 3.58. The summed E-state index contributed by atoms with van der Waals surface area (Å²) in [6.07, 6.45) is 2.35. The van der Waals surface area contributed by atoms with E-state index < -0.39 is 5.97 Å². The highest BCUT2D eigenvalue weighted by atomic mass is 35.5. The van der Waals surface area contributed by atoms with Gasteiger partial charge in [0.15, 0.2) is 0 Å². The van der Waals surface area contributed by atoms with Crippen molar-refractivity contribution in [2.75, 3.05) is 19.7 Å². The van der Waals surface area contributed by atoms with E-state index in [9.17, 15) is 9.59 Å². The van der Waals surface area contributed by atoms with Crippen LogP contribution >= 0.6 is 11.6 Å². The Morgan fingerprint density at radius 3 is 2.74 bits per heavy atom. The lowest BCUT2D eigenvalue weighted by molar-refractivity contribution is -0.140. The lowest BCUT2D eigenvalue weighted by Gasteiger charge is -2.35. The van der Waals surface area contributed by atoms with Gasteiger partial charge in [-0.1, -0.05) is 11.6 Å². The zero-order valence-electron chi connectivity index (χ0n) is 12.8. The maximum Gasteiger partial charge on any atom is 0.303 e. The molecule has 2 aliphatic rings. The van der Waals surface area contributed by atoms with Gasteiger partial charge < -0.3 is 14.7 Å². The first kappa shape index (κ1) is 16.1. The standard InChI is InChI=1S/C17H20ClNO4/c18-14-1-2-15-12(9-14)8-13(10-23-15)17(22)19-5-3-11(4-6-19)7-16(20)21/h1-2,9,11,13H,3-8,10H2,(H,20,21). The van der Waals surface area contributed by atoms with Crippen molar-refractivity contribution in [3.8, 4) is 5.75 Å². The molecule has 0 saturated carbocycles. The lowest BCUT2D eigenvalue weighted by Crippen LogP contribution is -2.45. The Morgan fingerprint density at radius 2 is 2.04 bits per heavy atom. The number of nitrogens with zero attached hydrogens (tertiary/aromatic N) is 1. The maximum atomic E-state index is 12.7. The number of hydrogen-bond donors (Lipinski definition) is 1. The molecular formula is C17H20ClNO4. The summed E-state index contributed by atoms with van der Waals surface area (Å²) in [6, 6.07) is 5.49. The molecule has 0 radical (unpaired) electrons. The number of benzene rings is 1. The Kier molecular flexibility index (Phi) is 4.76. The van der Waals surface area contributed by atoms with Crippen LogP contribution in [0.1, 0.15) is 24.8 Å². The second-order valence-electron chi connectivity index (χ2n) is 6.33. The van der Waals surface area contributed by atoms with Crippen molar-refractivity contribution in [3.05, 3.63) is 28.8 Å². The van der Waals surface area contributed by atoms with E-state index in [0.717, 1.165) is 24.2 Å². The molecule has 1 amide bonds. The highest BCUT2D eigenvalue weighted by Gasteiger charge is 2.32. The molecule has 0 spiro atoms. The van der Waals surface area contributed by atoms with Gasteiger partial charge in [0.25, 0.3) is 0 Å². The largest absolute Gasteiger partial charge is 0.492 e. The number of carbonyl (C=O) groups is 2. The van der Waals surface area contributed by atoms with Gasteiger partial charge >= 0.3 is 5.97 Å². The molecule has 2 heterocycles. The summed E-state index contributed by atoms with van der Waals surface area (Å²) in [5.74, 6) is 0.141. The van der Waals surface area contributed by atoms with E-state index in [1.807, 2.05) is 17.0 Å². The summed E-state index contributed by atoms with van der Waals surface area (Å²) in [5.41, 5.74) is 0.975. The van der Waals surface area contributed by atoms with Crippen LogP contribution in [-0.4, -0.2) is 41.6 Å². The van der Waals surface area contributed by atoms with E-state index in [2.05, 4.69) is 0 Å². The zero-order valence-corrected chi connectivity index (χ0v) is 13.6. The first-order chi connectivity index (χ1) is 11.0. The molecule has 1 aromatic rings. The molecule has 1 aromatic carbocycles. The van der Waals surface area contributed by atoms with E-state index >= 15 is 0 Å². The summed E-state index contributed by atoms with van der Waals surface area (Å²) < 4.78 is 5.69. The number of halogens is 1. The minimum atomic E-state index is -0.760. The van der Waals surface area contributed by atoms with Gasteiger partial charge in [0.2, 0.25) is 5.91 Å². The topological polar surface area (TPSA) is 66.8 Å². The Hall–Kier alpha value is -1.75. The molecule has 0 aromatic heterocycles. The number of fused-ring (bicyclic) bond motifs is 1. The minimum Gasteiger partial charge on any atom is -0.492 e. The van der Waals surface area contributed by atoms with Crippen molar-refractivity contribution < 1.29 is 19.4 Å². The molecular weight excluding hydrogens is 318 g/mol. The first-order valence-electron chi connectivity index (χ1n) is 7.94. The van der Waals surface area contributed by atoms with E-state index in [-0.39, 0.29) is 24.2 Å². The molecule has 1 fully saturated rings. The van der Waals surface area contributed by atoms with Crippen LogP contribution in [-0.2, 0) is 16.0 Å². The zero-order chi connectivity index (χ0) is 16.4. The number of rotatable bonds is 3. The number of ether oxygens (including phenoxy) is 1. The van der Waals surface area contributed by atoms with Gasteiger partial charge in [-0.25, -0.2) is 0 Å². The number of carbonyl (C=O) groups excluding carboxylic acids is 1. The summed E-state index contributed by atoms with van der Waals surface area (Å²) >= 11 is 6.01. The van der Waals surface area contributed by atoms with Gasteiger partial charge in [0.05, 0.1) is 5.92 Å².